The molecule has 3 rings (SSSR count). The highest BCUT2D eigenvalue weighted by atomic mass is 16.5. The van der Waals surface area contributed by atoms with Gasteiger partial charge in [-0.1, -0.05) is 6.07 Å². The van der Waals surface area contributed by atoms with Gasteiger partial charge in [0.1, 0.15) is 5.75 Å². The number of hydrogen-bond acceptors (Lipinski definition) is 4. The highest BCUT2D eigenvalue weighted by molar-refractivity contribution is 5.78. The van der Waals surface area contributed by atoms with E-state index in [2.05, 4.69) is 18.7 Å². The van der Waals surface area contributed by atoms with Gasteiger partial charge in [0.25, 0.3) is 0 Å². The molecule has 6 heteroatoms. The third-order valence-corrected chi connectivity index (χ3v) is 5.86. The van der Waals surface area contributed by atoms with E-state index < -0.39 is 0 Å². The summed E-state index contributed by atoms with van der Waals surface area (Å²) in [4.78, 5) is 30.9. The molecule has 2 saturated heterocycles. The number of piperidine rings is 1. The van der Waals surface area contributed by atoms with E-state index in [1.165, 1.54) is 17.5 Å². The number of benzene rings is 1. The molecule has 28 heavy (non-hydrogen) atoms. The molecule has 0 aliphatic carbocycles. The summed E-state index contributed by atoms with van der Waals surface area (Å²) in [6, 6.07) is 6.00. The Morgan fingerprint density at radius 2 is 1.54 bits per heavy atom. The van der Waals surface area contributed by atoms with Crippen LogP contribution in [0.5, 0.6) is 5.75 Å². The fourth-order valence-corrected chi connectivity index (χ4v) is 3.81. The third kappa shape index (κ3) is 5.71. The van der Waals surface area contributed by atoms with Crippen LogP contribution in [0, 0.1) is 13.8 Å². The molecule has 1 aromatic carbocycles. The second-order valence-corrected chi connectivity index (χ2v) is 7.94. The second kappa shape index (κ2) is 9.92. The average Bonchev–Trinajstić information content (AvgIpc) is 2.71. The molecular weight excluding hydrogens is 354 g/mol. The Morgan fingerprint density at radius 1 is 0.857 bits per heavy atom. The Labute approximate surface area is 168 Å². The maximum absolute atomic E-state index is 12.4. The van der Waals surface area contributed by atoms with Crippen molar-refractivity contribution in [1.29, 1.82) is 0 Å². The molecule has 0 saturated carbocycles. The van der Waals surface area contributed by atoms with E-state index in [9.17, 15) is 9.59 Å². The first-order chi connectivity index (χ1) is 13.5. The number of aryl methyl sites for hydroxylation is 2. The molecule has 0 spiro atoms. The molecule has 0 bridgehead atoms. The van der Waals surface area contributed by atoms with E-state index in [-0.39, 0.29) is 11.8 Å². The Morgan fingerprint density at radius 3 is 2.21 bits per heavy atom. The zero-order chi connectivity index (χ0) is 19.9. The van der Waals surface area contributed by atoms with Gasteiger partial charge in [-0.15, -0.1) is 0 Å². The van der Waals surface area contributed by atoms with E-state index in [1.54, 1.807) is 0 Å². The highest BCUT2D eigenvalue weighted by Gasteiger charge is 2.24. The largest absolute Gasteiger partial charge is 0.493 e. The van der Waals surface area contributed by atoms with Crippen LogP contribution in [0.3, 0.4) is 0 Å². The summed E-state index contributed by atoms with van der Waals surface area (Å²) in [7, 11) is 0. The normalized spacial score (nSPS) is 18.2. The van der Waals surface area contributed by atoms with Crippen LogP contribution >= 0.6 is 0 Å². The lowest BCUT2D eigenvalue weighted by molar-refractivity contribution is -0.135. The number of ether oxygens (including phenoxy) is 1. The van der Waals surface area contributed by atoms with Gasteiger partial charge in [0.2, 0.25) is 11.8 Å². The molecule has 154 valence electrons. The molecule has 2 aliphatic rings. The number of carbonyl (C=O) groups is 2. The van der Waals surface area contributed by atoms with Crippen LogP contribution < -0.4 is 4.74 Å². The summed E-state index contributed by atoms with van der Waals surface area (Å²) in [6.07, 6.45) is 3.87. The Hall–Kier alpha value is -2.08. The van der Waals surface area contributed by atoms with Gasteiger partial charge < -0.3 is 14.5 Å². The maximum Gasteiger partial charge on any atom is 0.236 e. The van der Waals surface area contributed by atoms with E-state index in [4.69, 9.17) is 4.74 Å². The smallest absolute Gasteiger partial charge is 0.236 e. The molecule has 6 nitrogen and oxygen atoms in total. The molecule has 2 fully saturated rings. The van der Waals surface area contributed by atoms with Crippen LogP contribution in [0.1, 0.15) is 36.8 Å². The molecule has 0 radical (unpaired) electrons. The van der Waals surface area contributed by atoms with Crippen LogP contribution in [0.15, 0.2) is 18.2 Å². The summed E-state index contributed by atoms with van der Waals surface area (Å²) in [5.41, 5.74) is 2.43. The van der Waals surface area contributed by atoms with E-state index >= 15 is 0 Å². The molecule has 0 unspecified atom stereocenters. The standard InChI is InChI=1S/C22H33N3O3/c1-18-6-7-20(16-19(18)2)28-15-8-21(26)25-13-11-23(12-14-25)17-22(27)24-9-4-3-5-10-24/h6-7,16H,3-5,8-15,17H2,1-2H3. The Balaban J connectivity index is 1.35. The van der Waals surface area contributed by atoms with Gasteiger partial charge >= 0.3 is 0 Å². The first-order valence-electron chi connectivity index (χ1n) is 10.5. The van der Waals surface area contributed by atoms with Crippen molar-refractivity contribution >= 4 is 11.8 Å². The maximum atomic E-state index is 12.4. The van der Waals surface area contributed by atoms with Crippen molar-refractivity contribution in [3.63, 3.8) is 0 Å². The number of carbonyl (C=O) groups excluding carboxylic acids is 2. The second-order valence-electron chi connectivity index (χ2n) is 7.94. The fourth-order valence-electron chi connectivity index (χ4n) is 3.81. The monoisotopic (exact) mass is 387 g/mol. The lowest BCUT2D eigenvalue weighted by Gasteiger charge is -2.36. The Kier molecular flexibility index (Phi) is 7.31. The SMILES string of the molecule is Cc1ccc(OCCC(=O)N2CCN(CC(=O)N3CCCCC3)CC2)cc1C. The zero-order valence-electron chi connectivity index (χ0n) is 17.3. The van der Waals surface area contributed by atoms with Crippen LogP contribution in [0.25, 0.3) is 0 Å². The van der Waals surface area contributed by atoms with Gasteiger partial charge in [0, 0.05) is 39.3 Å². The number of amides is 2. The van der Waals surface area contributed by atoms with Crippen molar-refractivity contribution in [1.82, 2.24) is 14.7 Å². The van der Waals surface area contributed by atoms with Crippen LogP contribution in [0.2, 0.25) is 0 Å². The van der Waals surface area contributed by atoms with Crippen molar-refractivity contribution in [2.75, 3.05) is 52.4 Å². The topological polar surface area (TPSA) is 53.1 Å². The van der Waals surface area contributed by atoms with Crippen LogP contribution in [-0.2, 0) is 9.59 Å². The van der Waals surface area contributed by atoms with E-state index in [0.29, 0.717) is 32.7 Å². The summed E-state index contributed by atoms with van der Waals surface area (Å²) in [5.74, 6) is 1.18. The van der Waals surface area contributed by atoms with E-state index in [1.807, 2.05) is 28.0 Å². The van der Waals surface area contributed by atoms with Crippen LogP contribution in [-0.4, -0.2) is 78.9 Å². The zero-order valence-corrected chi connectivity index (χ0v) is 17.3. The predicted molar refractivity (Wildman–Crippen MR) is 109 cm³/mol. The van der Waals surface area contributed by atoms with Gasteiger partial charge in [-0.2, -0.15) is 0 Å². The molecule has 2 aliphatic heterocycles. The van der Waals surface area contributed by atoms with E-state index in [0.717, 1.165) is 44.8 Å². The minimum absolute atomic E-state index is 0.130. The van der Waals surface area contributed by atoms with Crippen molar-refractivity contribution in [3.05, 3.63) is 29.3 Å². The molecule has 1 aromatic rings. The third-order valence-electron chi connectivity index (χ3n) is 5.86. The average molecular weight is 388 g/mol. The quantitative estimate of drug-likeness (QED) is 0.751. The molecule has 0 aromatic heterocycles. The van der Waals surface area contributed by atoms with Crippen molar-refractivity contribution in [2.24, 2.45) is 0 Å². The number of hydrogen-bond donors (Lipinski definition) is 0. The molecule has 2 heterocycles. The van der Waals surface area contributed by atoms with Crippen molar-refractivity contribution < 1.29 is 14.3 Å². The van der Waals surface area contributed by atoms with Gasteiger partial charge in [-0.3, -0.25) is 14.5 Å². The molecular formula is C22H33N3O3. The lowest BCUT2D eigenvalue weighted by atomic mass is 10.1. The summed E-state index contributed by atoms with van der Waals surface area (Å²) in [6.45, 7) is 9.73. The number of likely N-dealkylation sites (tertiary alicyclic amines) is 1. The number of piperazine rings is 1. The fraction of sp³-hybridized carbons (Fsp3) is 0.636. The predicted octanol–water partition coefficient (Wildman–Crippen LogP) is 2.23. The van der Waals surface area contributed by atoms with Gasteiger partial charge in [-0.05, 0) is 56.4 Å². The summed E-state index contributed by atoms with van der Waals surface area (Å²) < 4.78 is 5.74. The van der Waals surface area contributed by atoms with Gasteiger partial charge in [0.05, 0.1) is 19.6 Å². The van der Waals surface area contributed by atoms with Gasteiger partial charge in [-0.25, -0.2) is 0 Å². The lowest BCUT2D eigenvalue weighted by Crippen LogP contribution is -2.52. The first kappa shape index (κ1) is 20.6. The highest BCUT2D eigenvalue weighted by Crippen LogP contribution is 2.17. The summed E-state index contributed by atoms with van der Waals surface area (Å²) >= 11 is 0. The minimum atomic E-state index is 0.130. The molecule has 0 atom stereocenters. The van der Waals surface area contributed by atoms with Crippen molar-refractivity contribution in [2.45, 2.75) is 39.5 Å². The minimum Gasteiger partial charge on any atom is -0.493 e. The molecule has 2 amide bonds. The number of nitrogens with zero attached hydrogens (tertiary/aromatic N) is 3. The number of rotatable bonds is 6. The van der Waals surface area contributed by atoms with Crippen LogP contribution in [0.4, 0.5) is 0 Å². The molecule has 0 N–H and O–H groups in total. The summed E-state index contributed by atoms with van der Waals surface area (Å²) in [5, 5.41) is 0. The first-order valence-corrected chi connectivity index (χ1v) is 10.5. The van der Waals surface area contributed by atoms with Gasteiger partial charge in [0.15, 0.2) is 0 Å². The Bertz CT molecular complexity index is 678. The van der Waals surface area contributed by atoms with Crippen molar-refractivity contribution in [3.8, 4) is 5.75 Å².